The Morgan fingerprint density at radius 1 is 1.46 bits per heavy atom. The molecule has 0 aromatic carbocycles. The second-order valence-corrected chi connectivity index (χ2v) is 2.82. The van der Waals surface area contributed by atoms with E-state index in [-0.39, 0.29) is 0 Å². The normalized spacial score (nSPS) is 12.8. The first kappa shape index (κ1) is 11.7. The van der Waals surface area contributed by atoms with Crippen LogP contribution in [0.3, 0.4) is 0 Å². The van der Waals surface area contributed by atoms with Crippen LogP contribution >= 0.6 is 0 Å². The lowest BCUT2D eigenvalue weighted by Gasteiger charge is -2.06. The van der Waals surface area contributed by atoms with Gasteiger partial charge in [-0.3, -0.25) is 0 Å². The molecule has 4 nitrogen and oxygen atoms in total. The van der Waals surface area contributed by atoms with Crippen molar-refractivity contribution in [2.24, 2.45) is 5.92 Å². The molecule has 0 saturated heterocycles. The van der Waals surface area contributed by atoms with Crippen molar-refractivity contribution in [2.45, 2.75) is 20.3 Å². The lowest BCUT2D eigenvalue weighted by atomic mass is 10.1. The fourth-order valence-electron chi connectivity index (χ4n) is 0.530. The quantitative estimate of drug-likeness (QED) is 0.518. The van der Waals surface area contributed by atoms with Gasteiger partial charge >= 0.3 is 11.9 Å². The predicted molar refractivity (Wildman–Crippen MR) is 47.2 cm³/mol. The summed E-state index contributed by atoms with van der Waals surface area (Å²) in [6, 6.07) is 0. The monoisotopic (exact) mass is 186 g/mol. The zero-order valence-corrected chi connectivity index (χ0v) is 7.82. The van der Waals surface area contributed by atoms with Crippen molar-refractivity contribution in [3.63, 3.8) is 0 Å². The molecule has 74 valence electrons. The van der Waals surface area contributed by atoms with Crippen LogP contribution in [0, 0.1) is 5.92 Å². The third-order valence-electron chi connectivity index (χ3n) is 1.57. The smallest absolute Gasteiger partial charge is 0.331 e. The number of ether oxygens (including phenoxy) is 1. The average molecular weight is 186 g/mol. The zero-order chi connectivity index (χ0) is 10.3. The number of aliphatic carboxylic acids is 1. The Bertz CT molecular complexity index is 208. The summed E-state index contributed by atoms with van der Waals surface area (Å²) in [7, 11) is 0. The third kappa shape index (κ3) is 7.05. The number of carbonyl (C=O) groups excluding carboxylic acids is 1. The average Bonchev–Trinajstić information content (AvgIpc) is 2.10. The predicted octanol–water partition coefficient (Wildman–Crippen LogP) is 1.22. The maximum Gasteiger partial charge on any atom is 0.331 e. The van der Waals surface area contributed by atoms with Gasteiger partial charge < -0.3 is 9.84 Å². The summed E-state index contributed by atoms with van der Waals surface area (Å²) in [6.07, 6.45) is 2.60. The molecule has 13 heavy (non-hydrogen) atoms. The van der Waals surface area contributed by atoms with E-state index < -0.39 is 11.9 Å². The van der Waals surface area contributed by atoms with Gasteiger partial charge in [-0.2, -0.15) is 0 Å². The Labute approximate surface area is 77.2 Å². The van der Waals surface area contributed by atoms with Crippen molar-refractivity contribution >= 4 is 11.9 Å². The molecule has 0 aliphatic carbocycles. The summed E-state index contributed by atoms with van der Waals surface area (Å²) in [5.74, 6) is -1.45. The second kappa shape index (κ2) is 6.22. The summed E-state index contributed by atoms with van der Waals surface area (Å²) in [5.41, 5.74) is 0. The van der Waals surface area contributed by atoms with E-state index in [9.17, 15) is 9.59 Å². The molecule has 0 spiro atoms. The first-order chi connectivity index (χ1) is 6.06. The van der Waals surface area contributed by atoms with E-state index in [0.29, 0.717) is 12.5 Å². The molecular formula is C9H14O4. The molecule has 0 radical (unpaired) electrons. The lowest BCUT2D eigenvalue weighted by Crippen LogP contribution is -2.09. The van der Waals surface area contributed by atoms with Crippen LogP contribution in [0.5, 0.6) is 0 Å². The van der Waals surface area contributed by atoms with Crippen molar-refractivity contribution in [3.05, 3.63) is 12.2 Å². The molecule has 0 aliphatic heterocycles. The van der Waals surface area contributed by atoms with E-state index >= 15 is 0 Å². The van der Waals surface area contributed by atoms with Crippen molar-refractivity contribution in [3.8, 4) is 0 Å². The molecule has 0 bridgehead atoms. The van der Waals surface area contributed by atoms with Crippen molar-refractivity contribution in [2.75, 3.05) is 6.61 Å². The molecule has 1 atom stereocenters. The fourth-order valence-corrected chi connectivity index (χ4v) is 0.530. The van der Waals surface area contributed by atoms with Gasteiger partial charge in [-0.05, 0) is 5.92 Å². The Morgan fingerprint density at radius 2 is 2.08 bits per heavy atom. The lowest BCUT2D eigenvalue weighted by molar-refractivity contribution is -0.139. The van der Waals surface area contributed by atoms with E-state index in [1.165, 1.54) is 0 Å². The Kier molecular flexibility index (Phi) is 5.59. The highest BCUT2D eigenvalue weighted by atomic mass is 16.5. The Hall–Kier alpha value is -1.32. The molecule has 0 aliphatic rings. The highest BCUT2D eigenvalue weighted by molar-refractivity contribution is 5.90. The molecule has 4 heteroatoms. The molecular weight excluding hydrogens is 172 g/mol. The standard InChI is InChI=1S/C9H14O4/c1-3-7(2)6-13-9(12)5-4-8(10)11/h4-5,7H,3,6H2,1-2H3,(H,10,11)/b5-4-. The first-order valence-electron chi connectivity index (χ1n) is 4.14. The van der Waals surface area contributed by atoms with Gasteiger partial charge in [0.2, 0.25) is 0 Å². The maximum atomic E-state index is 10.8. The van der Waals surface area contributed by atoms with Crippen molar-refractivity contribution in [1.82, 2.24) is 0 Å². The minimum atomic E-state index is -1.15. The van der Waals surface area contributed by atoms with Gasteiger partial charge in [0.15, 0.2) is 0 Å². The number of hydrogen-bond donors (Lipinski definition) is 1. The minimum Gasteiger partial charge on any atom is -0.478 e. The molecule has 0 heterocycles. The van der Waals surface area contributed by atoms with Gasteiger partial charge in [0.25, 0.3) is 0 Å². The first-order valence-corrected chi connectivity index (χ1v) is 4.14. The number of carbonyl (C=O) groups is 2. The van der Waals surface area contributed by atoms with E-state index in [2.05, 4.69) is 0 Å². The van der Waals surface area contributed by atoms with Gasteiger partial charge in [-0.15, -0.1) is 0 Å². The van der Waals surface area contributed by atoms with Gasteiger partial charge in [-0.1, -0.05) is 20.3 Å². The largest absolute Gasteiger partial charge is 0.478 e. The van der Waals surface area contributed by atoms with Crippen LogP contribution in [0.2, 0.25) is 0 Å². The molecule has 0 saturated carbocycles. The number of carboxylic acids is 1. The SMILES string of the molecule is CCC(C)COC(=O)/C=C\C(=O)O. The summed E-state index contributed by atoms with van der Waals surface area (Å²) >= 11 is 0. The molecule has 1 unspecified atom stereocenters. The Balaban J connectivity index is 3.69. The number of carboxylic acid groups (broad SMARTS) is 1. The molecule has 0 aromatic rings. The Morgan fingerprint density at radius 3 is 2.54 bits per heavy atom. The maximum absolute atomic E-state index is 10.8. The van der Waals surface area contributed by atoms with Crippen LogP contribution in [0.4, 0.5) is 0 Å². The number of hydrogen-bond acceptors (Lipinski definition) is 3. The zero-order valence-electron chi connectivity index (χ0n) is 7.82. The highest BCUT2D eigenvalue weighted by Crippen LogP contribution is 2.00. The van der Waals surface area contributed by atoms with E-state index in [1.807, 2.05) is 13.8 Å². The van der Waals surface area contributed by atoms with E-state index in [4.69, 9.17) is 9.84 Å². The summed E-state index contributed by atoms with van der Waals surface area (Å²) in [6.45, 7) is 4.28. The molecule has 0 fully saturated rings. The third-order valence-corrected chi connectivity index (χ3v) is 1.57. The van der Waals surface area contributed by atoms with Crippen LogP contribution in [0.15, 0.2) is 12.2 Å². The molecule has 0 rings (SSSR count). The second-order valence-electron chi connectivity index (χ2n) is 2.82. The van der Waals surface area contributed by atoms with Crippen LogP contribution in [0.25, 0.3) is 0 Å². The van der Waals surface area contributed by atoms with Gasteiger partial charge in [0.05, 0.1) is 6.61 Å². The minimum absolute atomic E-state index is 0.308. The van der Waals surface area contributed by atoms with Gasteiger partial charge in [0, 0.05) is 12.2 Å². The number of rotatable bonds is 5. The van der Waals surface area contributed by atoms with E-state index in [0.717, 1.165) is 18.6 Å². The van der Waals surface area contributed by atoms with E-state index in [1.54, 1.807) is 0 Å². The van der Waals surface area contributed by atoms with Crippen LogP contribution in [-0.2, 0) is 14.3 Å². The van der Waals surface area contributed by atoms with Gasteiger partial charge in [-0.25, -0.2) is 9.59 Å². The van der Waals surface area contributed by atoms with Crippen molar-refractivity contribution in [1.29, 1.82) is 0 Å². The molecule has 0 amide bonds. The van der Waals surface area contributed by atoms with Crippen molar-refractivity contribution < 1.29 is 19.4 Å². The summed E-state index contributed by atoms with van der Waals surface area (Å²) in [4.78, 5) is 20.8. The summed E-state index contributed by atoms with van der Waals surface area (Å²) < 4.78 is 4.76. The van der Waals surface area contributed by atoms with Crippen LogP contribution < -0.4 is 0 Å². The van der Waals surface area contributed by atoms with Gasteiger partial charge in [0.1, 0.15) is 0 Å². The summed E-state index contributed by atoms with van der Waals surface area (Å²) in [5, 5.41) is 8.19. The van der Waals surface area contributed by atoms with Crippen LogP contribution in [0.1, 0.15) is 20.3 Å². The highest BCUT2D eigenvalue weighted by Gasteiger charge is 2.02. The fraction of sp³-hybridized carbons (Fsp3) is 0.556. The molecule has 0 aromatic heterocycles. The topological polar surface area (TPSA) is 63.6 Å². The molecule has 1 N–H and O–H groups in total. The van der Waals surface area contributed by atoms with Crippen LogP contribution in [-0.4, -0.2) is 23.7 Å². The number of esters is 1.